The number of thiophene rings is 1. The fourth-order valence-electron chi connectivity index (χ4n) is 3.25. The van der Waals surface area contributed by atoms with Crippen molar-refractivity contribution in [2.45, 2.75) is 38.8 Å². The quantitative estimate of drug-likeness (QED) is 0.633. The predicted octanol–water partition coefficient (Wildman–Crippen LogP) is 4.96. The van der Waals surface area contributed by atoms with Crippen LogP contribution >= 0.6 is 22.9 Å². The number of nitrogens with zero attached hydrogens (tertiary/aromatic N) is 3. The summed E-state index contributed by atoms with van der Waals surface area (Å²) in [6.45, 7) is 1.40. The fraction of sp³-hybridized carbons (Fsp3) is 0.368. The van der Waals surface area contributed by atoms with Gasteiger partial charge in [0.15, 0.2) is 0 Å². The standard InChI is InChI=1S/C19H20ClN3OS/c1-23(11-13-5-4-7-15(20)9-13)12-18-21-22-19(24-18)17-10-14-6-2-3-8-16(14)25-17/h4-5,7,9-10H,2-3,6,8,11-12H2,1H3. The normalized spacial score (nSPS) is 14.0. The van der Waals surface area contributed by atoms with Crippen LogP contribution in [0.15, 0.2) is 34.7 Å². The van der Waals surface area contributed by atoms with Crippen LogP contribution in [-0.2, 0) is 25.9 Å². The lowest BCUT2D eigenvalue weighted by molar-refractivity contribution is 0.283. The van der Waals surface area contributed by atoms with Gasteiger partial charge in [-0.1, -0.05) is 23.7 Å². The molecule has 1 aromatic carbocycles. The van der Waals surface area contributed by atoms with Crippen molar-refractivity contribution < 1.29 is 4.42 Å². The predicted molar refractivity (Wildman–Crippen MR) is 101 cm³/mol. The molecule has 0 fully saturated rings. The highest BCUT2D eigenvalue weighted by Gasteiger charge is 2.18. The maximum absolute atomic E-state index is 6.04. The number of benzene rings is 1. The second-order valence-corrected chi connectivity index (χ2v) is 8.14. The molecule has 130 valence electrons. The number of rotatable bonds is 5. The van der Waals surface area contributed by atoms with Gasteiger partial charge in [-0.25, -0.2) is 0 Å². The van der Waals surface area contributed by atoms with Gasteiger partial charge in [-0.15, -0.1) is 21.5 Å². The first-order valence-corrected chi connectivity index (χ1v) is 9.74. The van der Waals surface area contributed by atoms with E-state index < -0.39 is 0 Å². The van der Waals surface area contributed by atoms with Crippen molar-refractivity contribution in [2.75, 3.05) is 7.05 Å². The van der Waals surface area contributed by atoms with E-state index in [-0.39, 0.29) is 0 Å². The van der Waals surface area contributed by atoms with Crippen LogP contribution in [0, 0.1) is 0 Å². The highest BCUT2D eigenvalue weighted by Crippen LogP contribution is 2.35. The molecule has 25 heavy (non-hydrogen) atoms. The Hall–Kier alpha value is -1.69. The van der Waals surface area contributed by atoms with E-state index in [0.29, 0.717) is 18.3 Å². The highest BCUT2D eigenvalue weighted by atomic mass is 35.5. The number of aryl methyl sites for hydroxylation is 2. The van der Waals surface area contributed by atoms with Gasteiger partial charge in [0.05, 0.1) is 11.4 Å². The molecule has 2 heterocycles. The van der Waals surface area contributed by atoms with Gasteiger partial charge in [-0.05, 0) is 62.1 Å². The Labute approximate surface area is 156 Å². The maximum Gasteiger partial charge on any atom is 0.257 e. The largest absolute Gasteiger partial charge is 0.419 e. The van der Waals surface area contributed by atoms with E-state index in [4.69, 9.17) is 16.0 Å². The average Bonchev–Trinajstić information content (AvgIpc) is 3.20. The minimum Gasteiger partial charge on any atom is -0.419 e. The van der Waals surface area contributed by atoms with Crippen molar-refractivity contribution in [3.63, 3.8) is 0 Å². The summed E-state index contributed by atoms with van der Waals surface area (Å²) < 4.78 is 5.90. The Kier molecular flexibility index (Phi) is 4.88. The minimum atomic E-state index is 0.616. The fourth-order valence-corrected chi connectivity index (χ4v) is 4.63. The summed E-state index contributed by atoms with van der Waals surface area (Å²) in [6, 6.07) is 10.1. The number of hydrogen-bond donors (Lipinski definition) is 0. The van der Waals surface area contributed by atoms with Crippen molar-refractivity contribution >= 4 is 22.9 Å². The van der Waals surface area contributed by atoms with E-state index >= 15 is 0 Å². The third-order valence-electron chi connectivity index (χ3n) is 4.42. The second-order valence-electron chi connectivity index (χ2n) is 6.57. The van der Waals surface area contributed by atoms with Crippen LogP contribution in [0.1, 0.15) is 34.7 Å². The molecule has 0 spiro atoms. The van der Waals surface area contributed by atoms with E-state index in [0.717, 1.165) is 16.4 Å². The van der Waals surface area contributed by atoms with E-state index in [1.807, 2.05) is 25.2 Å². The first-order chi connectivity index (χ1) is 12.2. The van der Waals surface area contributed by atoms with Gasteiger partial charge in [0, 0.05) is 16.4 Å². The van der Waals surface area contributed by atoms with Crippen LogP contribution in [0.5, 0.6) is 0 Å². The first-order valence-electron chi connectivity index (χ1n) is 8.55. The summed E-state index contributed by atoms with van der Waals surface area (Å²) in [4.78, 5) is 4.73. The third kappa shape index (κ3) is 3.94. The van der Waals surface area contributed by atoms with E-state index in [9.17, 15) is 0 Å². The van der Waals surface area contributed by atoms with Crippen molar-refractivity contribution in [1.82, 2.24) is 15.1 Å². The van der Waals surface area contributed by atoms with Crippen molar-refractivity contribution in [3.8, 4) is 10.8 Å². The molecular formula is C19H20ClN3OS. The van der Waals surface area contributed by atoms with Crippen LogP contribution in [0.2, 0.25) is 5.02 Å². The molecule has 1 aliphatic carbocycles. The smallest absolute Gasteiger partial charge is 0.257 e. The molecular weight excluding hydrogens is 354 g/mol. The van der Waals surface area contributed by atoms with Crippen molar-refractivity contribution in [1.29, 1.82) is 0 Å². The molecule has 6 heteroatoms. The number of halogens is 1. The molecule has 0 aliphatic heterocycles. The molecule has 0 N–H and O–H groups in total. The van der Waals surface area contributed by atoms with E-state index in [1.54, 1.807) is 11.3 Å². The average molecular weight is 374 g/mol. The maximum atomic E-state index is 6.04. The number of aromatic nitrogens is 2. The van der Waals surface area contributed by atoms with Gasteiger partial charge in [0.25, 0.3) is 5.89 Å². The zero-order valence-electron chi connectivity index (χ0n) is 14.2. The SMILES string of the molecule is CN(Cc1cccc(Cl)c1)Cc1nnc(-c2cc3c(s2)CCCC3)o1. The molecule has 2 aromatic heterocycles. The molecule has 0 radical (unpaired) electrons. The molecule has 0 atom stereocenters. The zero-order chi connectivity index (χ0) is 17.2. The highest BCUT2D eigenvalue weighted by molar-refractivity contribution is 7.15. The summed E-state index contributed by atoms with van der Waals surface area (Å²) in [5.41, 5.74) is 2.63. The molecule has 0 unspecified atom stereocenters. The second kappa shape index (κ2) is 7.28. The lowest BCUT2D eigenvalue weighted by Gasteiger charge is -2.14. The van der Waals surface area contributed by atoms with Gasteiger partial charge in [0.1, 0.15) is 0 Å². The lowest BCUT2D eigenvalue weighted by atomic mass is 9.99. The summed E-state index contributed by atoms with van der Waals surface area (Å²) in [5.74, 6) is 1.29. The molecule has 0 saturated heterocycles. The Morgan fingerprint density at radius 3 is 2.88 bits per heavy atom. The Morgan fingerprint density at radius 1 is 1.16 bits per heavy atom. The molecule has 3 aromatic rings. The van der Waals surface area contributed by atoms with E-state index in [2.05, 4.69) is 27.2 Å². The topological polar surface area (TPSA) is 42.2 Å². The van der Waals surface area contributed by atoms with Gasteiger partial charge < -0.3 is 4.42 Å². The Morgan fingerprint density at radius 2 is 2.04 bits per heavy atom. The van der Waals surface area contributed by atoms with Crippen LogP contribution in [-0.4, -0.2) is 22.1 Å². The molecule has 0 bridgehead atoms. The lowest BCUT2D eigenvalue weighted by Crippen LogP contribution is -2.17. The van der Waals surface area contributed by atoms with Gasteiger partial charge >= 0.3 is 0 Å². The van der Waals surface area contributed by atoms with E-state index in [1.165, 1.54) is 41.7 Å². The van der Waals surface area contributed by atoms with Crippen molar-refractivity contribution in [3.05, 3.63) is 57.2 Å². The molecule has 4 nitrogen and oxygen atoms in total. The van der Waals surface area contributed by atoms with Crippen molar-refractivity contribution in [2.24, 2.45) is 0 Å². The summed E-state index contributed by atoms with van der Waals surface area (Å²) in [5, 5.41) is 9.23. The molecule has 1 aliphatic rings. The molecule has 0 amide bonds. The number of hydrogen-bond acceptors (Lipinski definition) is 5. The summed E-state index contributed by atoms with van der Waals surface area (Å²) >= 11 is 7.84. The summed E-state index contributed by atoms with van der Waals surface area (Å²) in [6.07, 6.45) is 4.93. The minimum absolute atomic E-state index is 0.616. The van der Waals surface area contributed by atoms with Crippen LogP contribution in [0.25, 0.3) is 10.8 Å². The molecule has 4 rings (SSSR count). The Bertz CT molecular complexity index is 850. The van der Waals surface area contributed by atoms with Crippen LogP contribution in [0.4, 0.5) is 0 Å². The monoisotopic (exact) mass is 373 g/mol. The van der Waals surface area contributed by atoms with Crippen LogP contribution in [0.3, 0.4) is 0 Å². The Balaban J connectivity index is 1.43. The number of fused-ring (bicyclic) bond motifs is 1. The molecule has 0 saturated carbocycles. The van der Waals surface area contributed by atoms with Gasteiger partial charge in [-0.2, -0.15) is 0 Å². The first kappa shape index (κ1) is 16.8. The van der Waals surface area contributed by atoms with Gasteiger partial charge in [0.2, 0.25) is 5.89 Å². The zero-order valence-corrected chi connectivity index (χ0v) is 15.7. The van der Waals surface area contributed by atoms with Crippen LogP contribution < -0.4 is 0 Å². The summed E-state index contributed by atoms with van der Waals surface area (Å²) in [7, 11) is 2.04. The van der Waals surface area contributed by atoms with Gasteiger partial charge in [-0.3, -0.25) is 4.90 Å². The third-order valence-corrected chi connectivity index (χ3v) is 5.88.